The zero-order valence-electron chi connectivity index (χ0n) is 16.2. The van der Waals surface area contributed by atoms with E-state index in [1.165, 1.54) is 6.42 Å². The van der Waals surface area contributed by atoms with E-state index >= 15 is 0 Å². The first-order chi connectivity index (χ1) is 12.4. The van der Waals surface area contributed by atoms with E-state index < -0.39 is 0 Å². The van der Waals surface area contributed by atoms with Gasteiger partial charge < -0.3 is 10.6 Å². The lowest BCUT2D eigenvalue weighted by Crippen LogP contribution is -2.65. The number of hydrogen-bond donors (Lipinski definition) is 4. The van der Waals surface area contributed by atoms with Gasteiger partial charge in [-0.2, -0.15) is 0 Å². The van der Waals surface area contributed by atoms with Crippen molar-refractivity contribution < 1.29 is 9.59 Å². The molecule has 4 unspecified atom stereocenters. The molecule has 2 heterocycles. The van der Waals surface area contributed by atoms with E-state index in [2.05, 4.69) is 35.1 Å². The van der Waals surface area contributed by atoms with Gasteiger partial charge in [-0.25, -0.2) is 0 Å². The quantitative estimate of drug-likeness (QED) is 0.511. The van der Waals surface area contributed by atoms with Crippen LogP contribution < -0.4 is 21.3 Å². The monoisotopic (exact) mass is 382 g/mol. The van der Waals surface area contributed by atoms with Gasteiger partial charge in [-0.05, 0) is 44.4 Å². The Morgan fingerprint density at radius 3 is 2.73 bits per heavy atom. The van der Waals surface area contributed by atoms with E-state index in [1.807, 2.05) is 11.8 Å². The van der Waals surface area contributed by atoms with Crippen molar-refractivity contribution in [3.63, 3.8) is 0 Å². The third-order valence-electron chi connectivity index (χ3n) is 6.71. The van der Waals surface area contributed by atoms with Crippen LogP contribution in [-0.4, -0.2) is 48.2 Å². The van der Waals surface area contributed by atoms with Crippen LogP contribution in [0.2, 0.25) is 0 Å². The van der Waals surface area contributed by atoms with E-state index in [-0.39, 0.29) is 28.7 Å². The summed E-state index contributed by atoms with van der Waals surface area (Å²) in [6.07, 6.45) is 6.59. The van der Waals surface area contributed by atoms with Crippen LogP contribution in [0.15, 0.2) is 0 Å². The highest BCUT2D eigenvalue weighted by molar-refractivity contribution is 7.99. The number of nitrogens with one attached hydrogen (secondary N) is 4. The lowest BCUT2D eigenvalue weighted by atomic mass is 9.59. The molecule has 6 nitrogen and oxygen atoms in total. The van der Waals surface area contributed by atoms with Crippen molar-refractivity contribution >= 4 is 23.6 Å². The van der Waals surface area contributed by atoms with Gasteiger partial charge >= 0.3 is 0 Å². The van der Waals surface area contributed by atoms with Gasteiger partial charge in [0.25, 0.3) is 0 Å². The maximum absolute atomic E-state index is 12.7. The molecule has 0 spiro atoms. The molecule has 1 aliphatic carbocycles. The second kappa shape index (κ2) is 8.48. The fraction of sp³-hybridized carbons (Fsp3) is 0.895. The van der Waals surface area contributed by atoms with Crippen LogP contribution in [0.5, 0.6) is 0 Å². The normalized spacial score (nSPS) is 40.4. The van der Waals surface area contributed by atoms with Crippen molar-refractivity contribution in [2.24, 2.45) is 11.3 Å². The first kappa shape index (κ1) is 20.0. The molecule has 0 aromatic carbocycles. The lowest BCUT2D eigenvalue weighted by Gasteiger charge is -2.54. The summed E-state index contributed by atoms with van der Waals surface area (Å²) in [5, 5.41) is 13.6. The van der Waals surface area contributed by atoms with Gasteiger partial charge in [-0.15, -0.1) is 11.8 Å². The number of fused-ring (bicyclic) bond motifs is 5. The summed E-state index contributed by atoms with van der Waals surface area (Å²) in [6.45, 7) is 6.76. The number of rotatable bonds is 0. The molecule has 3 fully saturated rings. The van der Waals surface area contributed by atoms with Gasteiger partial charge in [0.05, 0.1) is 5.37 Å². The first-order valence-electron chi connectivity index (χ1n) is 10.1. The van der Waals surface area contributed by atoms with Gasteiger partial charge in [0, 0.05) is 43.4 Å². The summed E-state index contributed by atoms with van der Waals surface area (Å²) in [4.78, 5) is 24.6. The average molecular weight is 383 g/mol. The van der Waals surface area contributed by atoms with Gasteiger partial charge in [-0.3, -0.25) is 20.2 Å². The Bertz CT molecular complexity index is 532. The van der Waals surface area contributed by atoms with Crippen LogP contribution in [0.25, 0.3) is 0 Å². The van der Waals surface area contributed by atoms with E-state index in [9.17, 15) is 9.59 Å². The molecule has 148 valence electrons. The summed E-state index contributed by atoms with van der Waals surface area (Å²) in [7, 11) is 0. The van der Waals surface area contributed by atoms with Crippen LogP contribution in [0.4, 0.5) is 0 Å². The highest BCUT2D eigenvalue weighted by atomic mass is 32.2. The molecule has 4 bridgehead atoms. The zero-order valence-corrected chi connectivity index (χ0v) is 17.0. The molecule has 0 radical (unpaired) electrons. The minimum absolute atomic E-state index is 0.00813. The van der Waals surface area contributed by atoms with Crippen LogP contribution in [0, 0.1) is 11.3 Å². The third-order valence-corrected chi connectivity index (χ3v) is 7.88. The Kier molecular flexibility index (Phi) is 6.51. The highest BCUT2D eigenvalue weighted by Gasteiger charge is 2.50. The van der Waals surface area contributed by atoms with Gasteiger partial charge in [0.1, 0.15) is 0 Å². The van der Waals surface area contributed by atoms with Gasteiger partial charge in [0.15, 0.2) is 0 Å². The molecule has 4 atom stereocenters. The third kappa shape index (κ3) is 4.54. The molecule has 7 heteroatoms. The van der Waals surface area contributed by atoms with Crippen molar-refractivity contribution in [2.45, 2.75) is 69.7 Å². The maximum atomic E-state index is 12.7. The predicted octanol–water partition coefficient (Wildman–Crippen LogP) is 1.57. The van der Waals surface area contributed by atoms with E-state index in [0.29, 0.717) is 24.9 Å². The lowest BCUT2D eigenvalue weighted by molar-refractivity contribution is -0.128. The first-order valence-corrected chi connectivity index (χ1v) is 11.1. The Morgan fingerprint density at radius 1 is 1.08 bits per heavy atom. The summed E-state index contributed by atoms with van der Waals surface area (Å²) in [6, 6.07) is 0. The summed E-state index contributed by atoms with van der Waals surface area (Å²) in [5.41, 5.74) is 0.122. The van der Waals surface area contributed by atoms with Crippen molar-refractivity contribution in [1.29, 1.82) is 0 Å². The summed E-state index contributed by atoms with van der Waals surface area (Å²) < 4.78 is 0. The van der Waals surface area contributed by atoms with Crippen molar-refractivity contribution in [3.05, 3.63) is 0 Å². The fourth-order valence-electron chi connectivity index (χ4n) is 4.72. The van der Waals surface area contributed by atoms with Crippen LogP contribution in [0.3, 0.4) is 0 Å². The Hall–Kier alpha value is -0.790. The summed E-state index contributed by atoms with van der Waals surface area (Å²) in [5.74, 6) is 1.25. The van der Waals surface area contributed by atoms with E-state index in [0.717, 1.165) is 44.5 Å². The zero-order chi connectivity index (χ0) is 18.6. The fourth-order valence-corrected chi connectivity index (χ4v) is 5.96. The largest absolute Gasteiger partial charge is 0.356 e. The minimum Gasteiger partial charge on any atom is -0.356 e. The van der Waals surface area contributed by atoms with Gasteiger partial charge in [-0.1, -0.05) is 13.3 Å². The van der Waals surface area contributed by atoms with Crippen molar-refractivity contribution in [3.8, 4) is 0 Å². The molecule has 0 aromatic heterocycles. The highest BCUT2D eigenvalue weighted by Crippen LogP contribution is 2.49. The molecule has 2 saturated heterocycles. The number of carbonyl (C=O) groups is 2. The van der Waals surface area contributed by atoms with Crippen molar-refractivity contribution in [2.75, 3.05) is 25.5 Å². The molecule has 0 aromatic rings. The molecule has 3 aliphatic rings. The SMILES string of the molecule is CC12CCCC(C1)C(=O)NCCCNC(=O)CCSC1CC2(C)NCN1. The molecular weight excluding hydrogens is 348 g/mol. The predicted molar refractivity (Wildman–Crippen MR) is 106 cm³/mol. The average Bonchev–Trinajstić information content (AvgIpc) is 2.60. The Balaban J connectivity index is 1.75. The van der Waals surface area contributed by atoms with E-state index in [1.54, 1.807) is 0 Å². The maximum Gasteiger partial charge on any atom is 0.223 e. The standard InChI is InChI=1S/C19H34N4O2S/c1-18-7-3-5-14(11-18)17(25)21-9-4-8-20-15(24)6-10-26-16-12-19(18,2)23-13-22-16/h14,16,22-23H,3-13H2,1-2H3,(H,20,24)(H,21,25). The molecule has 2 amide bonds. The molecule has 3 rings (SSSR count). The smallest absolute Gasteiger partial charge is 0.223 e. The molecule has 26 heavy (non-hydrogen) atoms. The number of thioether (sulfide) groups is 1. The van der Waals surface area contributed by atoms with E-state index in [4.69, 9.17) is 0 Å². The number of amides is 2. The molecule has 1 saturated carbocycles. The topological polar surface area (TPSA) is 82.3 Å². The minimum atomic E-state index is 0.00813. The van der Waals surface area contributed by atoms with Crippen LogP contribution >= 0.6 is 11.8 Å². The van der Waals surface area contributed by atoms with Crippen molar-refractivity contribution in [1.82, 2.24) is 21.3 Å². The second-order valence-corrected chi connectivity index (χ2v) is 9.86. The Morgan fingerprint density at radius 2 is 1.88 bits per heavy atom. The van der Waals surface area contributed by atoms with Crippen LogP contribution in [0.1, 0.15) is 58.8 Å². The Labute approximate surface area is 161 Å². The molecule has 2 aliphatic heterocycles. The summed E-state index contributed by atoms with van der Waals surface area (Å²) >= 11 is 1.85. The van der Waals surface area contributed by atoms with Crippen LogP contribution in [-0.2, 0) is 9.59 Å². The van der Waals surface area contributed by atoms with Gasteiger partial charge in [0.2, 0.25) is 11.8 Å². The molecular formula is C19H34N4O2S. The number of carbonyl (C=O) groups excluding carboxylic acids is 2. The molecule has 4 N–H and O–H groups in total. The number of hydrogen-bond acceptors (Lipinski definition) is 5. The second-order valence-electron chi connectivity index (χ2n) is 8.55.